The summed E-state index contributed by atoms with van der Waals surface area (Å²) in [6.45, 7) is -0.804. The number of aliphatic hydroxyl groups excluding tert-OH is 5. The molecule has 1 unspecified atom stereocenters. The van der Waals surface area contributed by atoms with Crippen LogP contribution in [-0.2, 0) is 18.4 Å². The second-order valence-corrected chi connectivity index (χ2v) is 7.96. The van der Waals surface area contributed by atoms with E-state index in [9.17, 15) is 25.5 Å². The number of aromatic nitrogens is 1. The molecule has 1 aromatic heterocycles. The molecule has 7 heteroatoms. The molecule has 7 nitrogen and oxygen atoms in total. The molecule has 1 heterocycles. The number of benzene rings is 2. The molecule has 0 saturated carbocycles. The quantitative estimate of drug-likeness (QED) is 0.271. The highest BCUT2D eigenvalue weighted by atomic mass is 16.4. The van der Waals surface area contributed by atoms with Crippen molar-refractivity contribution in [2.75, 3.05) is 6.61 Å². The van der Waals surface area contributed by atoms with Gasteiger partial charge < -0.3 is 30.6 Å². The standard InChI is InChI=1S/C25H29NO6/c27-16-21(28)22(29)23(30)24(31)25(32,15-17-7-2-1-3-8-17)19-10-6-9-18(13-19)14-20-11-4-5-12-26-20/h1-13,21-24,27-32H,14-16H2/t21-,22-,23+,24-,25?/m1/s1. The van der Waals surface area contributed by atoms with Gasteiger partial charge in [0.15, 0.2) is 0 Å². The van der Waals surface area contributed by atoms with Gasteiger partial charge in [-0.15, -0.1) is 0 Å². The second kappa shape index (κ2) is 10.8. The maximum Gasteiger partial charge on any atom is 0.122 e. The van der Waals surface area contributed by atoms with E-state index in [0.717, 1.165) is 11.3 Å². The Hall–Kier alpha value is -2.65. The highest BCUT2D eigenvalue weighted by molar-refractivity contribution is 5.34. The Morgan fingerprint density at radius 2 is 1.47 bits per heavy atom. The van der Waals surface area contributed by atoms with Crippen molar-refractivity contribution >= 4 is 0 Å². The Morgan fingerprint density at radius 3 is 2.12 bits per heavy atom. The molecule has 3 rings (SSSR count). The summed E-state index contributed by atoms with van der Waals surface area (Å²) in [4.78, 5) is 4.31. The molecule has 6 N–H and O–H groups in total. The van der Waals surface area contributed by atoms with Crippen LogP contribution >= 0.6 is 0 Å². The Balaban J connectivity index is 1.98. The topological polar surface area (TPSA) is 134 Å². The van der Waals surface area contributed by atoms with Crippen LogP contribution in [0.5, 0.6) is 0 Å². The number of aliphatic hydroxyl groups is 6. The number of hydrogen-bond acceptors (Lipinski definition) is 7. The van der Waals surface area contributed by atoms with Crippen molar-refractivity contribution in [1.29, 1.82) is 0 Å². The lowest BCUT2D eigenvalue weighted by atomic mass is 9.78. The molecule has 0 radical (unpaired) electrons. The molecule has 0 spiro atoms. The first-order valence-electron chi connectivity index (χ1n) is 10.4. The van der Waals surface area contributed by atoms with Crippen LogP contribution in [0.2, 0.25) is 0 Å². The lowest BCUT2D eigenvalue weighted by Crippen LogP contribution is -2.55. The first-order chi connectivity index (χ1) is 15.3. The fourth-order valence-corrected chi connectivity index (χ4v) is 3.75. The largest absolute Gasteiger partial charge is 0.394 e. The van der Waals surface area contributed by atoms with E-state index in [1.165, 1.54) is 0 Å². The number of hydrogen-bond donors (Lipinski definition) is 6. The van der Waals surface area contributed by atoms with Crippen molar-refractivity contribution in [3.63, 3.8) is 0 Å². The molecular formula is C25H29NO6. The summed E-state index contributed by atoms with van der Waals surface area (Å²) in [5.41, 5.74) is 0.723. The van der Waals surface area contributed by atoms with Gasteiger partial charge in [0, 0.05) is 24.7 Å². The van der Waals surface area contributed by atoms with Crippen molar-refractivity contribution in [3.05, 3.63) is 101 Å². The molecule has 0 fully saturated rings. The van der Waals surface area contributed by atoms with Gasteiger partial charge in [0.05, 0.1) is 6.61 Å². The molecule has 2 aromatic carbocycles. The maximum atomic E-state index is 11.7. The summed E-state index contributed by atoms with van der Waals surface area (Å²) >= 11 is 0. The Bertz CT molecular complexity index is 970. The van der Waals surface area contributed by atoms with Gasteiger partial charge >= 0.3 is 0 Å². The summed E-state index contributed by atoms with van der Waals surface area (Å²) in [5.74, 6) is 0. The summed E-state index contributed by atoms with van der Waals surface area (Å²) in [6, 6.07) is 21.5. The van der Waals surface area contributed by atoms with Gasteiger partial charge in [0.2, 0.25) is 0 Å². The monoisotopic (exact) mass is 439 g/mol. The van der Waals surface area contributed by atoms with E-state index in [1.807, 2.05) is 30.3 Å². The van der Waals surface area contributed by atoms with Crippen molar-refractivity contribution < 1.29 is 30.6 Å². The molecule has 0 amide bonds. The lowest BCUT2D eigenvalue weighted by molar-refractivity contribution is -0.176. The first-order valence-corrected chi connectivity index (χ1v) is 10.4. The number of nitrogens with zero attached hydrogens (tertiary/aromatic N) is 1. The molecule has 0 saturated heterocycles. The summed E-state index contributed by atoms with van der Waals surface area (Å²) < 4.78 is 0. The highest BCUT2D eigenvalue weighted by Gasteiger charge is 2.45. The Kier molecular flexibility index (Phi) is 8.09. The van der Waals surface area contributed by atoms with Crippen LogP contribution in [0.1, 0.15) is 22.4 Å². The molecule has 0 aliphatic rings. The van der Waals surface area contributed by atoms with Crippen LogP contribution in [0.15, 0.2) is 79.0 Å². The van der Waals surface area contributed by atoms with Crippen LogP contribution in [-0.4, -0.2) is 66.6 Å². The molecule has 32 heavy (non-hydrogen) atoms. The van der Waals surface area contributed by atoms with Crippen molar-refractivity contribution in [2.45, 2.75) is 42.9 Å². The second-order valence-electron chi connectivity index (χ2n) is 7.96. The minimum atomic E-state index is -1.99. The normalized spacial score (nSPS) is 17.2. The SMILES string of the molecule is OC[C@@H](O)[C@@H](O)[C@H](O)[C@@H](O)C(O)(Cc1ccccc1)c1cccc(Cc2ccccn2)c1. The molecule has 170 valence electrons. The van der Waals surface area contributed by atoms with E-state index in [-0.39, 0.29) is 6.42 Å². The third-order valence-electron chi connectivity index (χ3n) is 5.60. The van der Waals surface area contributed by atoms with Gasteiger partial charge in [-0.3, -0.25) is 4.98 Å². The zero-order valence-corrected chi connectivity index (χ0v) is 17.6. The van der Waals surface area contributed by atoms with Gasteiger partial charge in [0.25, 0.3) is 0 Å². The van der Waals surface area contributed by atoms with E-state index in [2.05, 4.69) is 4.98 Å². The predicted molar refractivity (Wildman–Crippen MR) is 119 cm³/mol. The van der Waals surface area contributed by atoms with Crippen LogP contribution in [0, 0.1) is 0 Å². The van der Waals surface area contributed by atoms with Crippen molar-refractivity contribution in [1.82, 2.24) is 4.98 Å². The Morgan fingerprint density at radius 1 is 0.781 bits per heavy atom. The van der Waals surface area contributed by atoms with Gasteiger partial charge in [0.1, 0.15) is 30.0 Å². The van der Waals surface area contributed by atoms with Crippen molar-refractivity contribution in [2.24, 2.45) is 0 Å². The van der Waals surface area contributed by atoms with Crippen LogP contribution < -0.4 is 0 Å². The third kappa shape index (κ3) is 5.58. The zero-order chi connectivity index (χ0) is 23.1. The maximum absolute atomic E-state index is 11.7. The smallest absolute Gasteiger partial charge is 0.122 e. The van der Waals surface area contributed by atoms with E-state index in [4.69, 9.17) is 5.11 Å². The molecule has 0 aliphatic heterocycles. The molecule has 0 aliphatic carbocycles. The molecule has 0 bridgehead atoms. The highest BCUT2D eigenvalue weighted by Crippen LogP contribution is 2.33. The van der Waals surface area contributed by atoms with E-state index in [1.54, 1.807) is 48.7 Å². The minimum absolute atomic E-state index is 0.0545. The van der Waals surface area contributed by atoms with Gasteiger partial charge in [-0.05, 0) is 28.8 Å². The van der Waals surface area contributed by atoms with Crippen LogP contribution in [0.3, 0.4) is 0 Å². The molecular weight excluding hydrogens is 410 g/mol. The average molecular weight is 440 g/mol. The van der Waals surface area contributed by atoms with Crippen LogP contribution in [0.25, 0.3) is 0 Å². The van der Waals surface area contributed by atoms with E-state index in [0.29, 0.717) is 17.5 Å². The third-order valence-corrected chi connectivity index (χ3v) is 5.60. The number of rotatable bonds is 10. The molecule has 5 atom stereocenters. The minimum Gasteiger partial charge on any atom is -0.394 e. The summed E-state index contributed by atoms with van der Waals surface area (Å²) in [5, 5.41) is 62.2. The van der Waals surface area contributed by atoms with Gasteiger partial charge in [-0.1, -0.05) is 60.7 Å². The molecule has 3 aromatic rings. The fraction of sp³-hybridized carbons (Fsp3) is 0.320. The first kappa shape index (κ1) is 24.0. The van der Waals surface area contributed by atoms with Gasteiger partial charge in [-0.2, -0.15) is 0 Å². The van der Waals surface area contributed by atoms with Crippen LogP contribution in [0.4, 0.5) is 0 Å². The number of pyridine rings is 1. The Labute approximate surface area is 186 Å². The van der Waals surface area contributed by atoms with E-state index < -0.39 is 36.6 Å². The predicted octanol–water partition coefficient (Wildman–Crippen LogP) is 0.539. The average Bonchev–Trinajstić information content (AvgIpc) is 2.83. The summed E-state index contributed by atoms with van der Waals surface area (Å²) in [7, 11) is 0. The summed E-state index contributed by atoms with van der Waals surface area (Å²) in [6.07, 6.45) is -5.15. The fourth-order valence-electron chi connectivity index (χ4n) is 3.75. The van der Waals surface area contributed by atoms with Crippen molar-refractivity contribution in [3.8, 4) is 0 Å². The van der Waals surface area contributed by atoms with Gasteiger partial charge in [-0.25, -0.2) is 0 Å². The van der Waals surface area contributed by atoms with E-state index >= 15 is 0 Å². The lowest BCUT2D eigenvalue weighted by Gasteiger charge is -2.38. The zero-order valence-electron chi connectivity index (χ0n) is 17.6.